The third-order valence-corrected chi connectivity index (χ3v) is 3.82. The molecule has 0 spiro atoms. The lowest BCUT2D eigenvalue weighted by atomic mass is 10.1. The van der Waals surface area contributed by atoms with Gasteiger partial charge in [0.05, 0.1) is 0 Å². The van der Waals surface area contributed by atoms with E-state index in [9.17, 15) is 14.4 Å². The number of thiazole rings is 1. The van der Waals surface area contributed by atoms with Crippen molar-refractivity contribution in [2.75, 3.05) is 13.1 Å². The summed E-state index contributed by atoms with van der Waals surface area (Å²) in [5, 5.41) is 8.60. The summed E-state index contributed by atoms with van der Waals surface area (Å²) in [6.07, 6.45) is 5.33. The van der Waals surface area contributed by atoms with Crippen molar-refractivity contribution in [3.63, 3.8) is 0 Å². The minimum Gasteiger partial charge on any atom is -0.478 e. The van der Waals surface area contributed by atoms with E-state index in [0.717, 1.165) is 49.8 Å². The fraction of sp³-hybridized carbons (Fsp3) is 0.417. The Morgan fingerprint density at radius 3 is 2.53 bits per heavy atom. The third kappa shape index (κ3) is 3.54. The largest absolute Gasteiger partial charge is 0.478 e. The summed E-state index contributed by atoms with van der Waals surface area (Å²) < 4.78 is 0.471. The van der Waals surface area contributed by atoms with Gasteiger partial charge in [0.2, 0.25) is 5.91 Å². The predicted octanol–water partition coefficient (Wildman–Crippen LogP) is -0.905. The Hall–Kier alpha value is -1.89. The van der Waals surface area contributed by atoms with Crippen LogP contribution in [0.4, 0.5) is 0 Å². The number of aliphatic carboxylic acids is 1. The van der Waals surface area contributed by atoms with Gasteiger partial charge in [-0.25, -0.2) is 4.79 Å². The van der Waals surface area contributed by atoms with Gasteiger partial charge in [-0.1, -0.05) is 0 Å². The van der Waals surface area contributed by atoms with Crippen molar-refractivity contribution in [3.8, 4) is 0 Å². The maximum atomic E-state index is 11.9. The number of amides is 1. The van der Waals surface area contributed by atoms with Crippen LogP contribution < -0.4 is 14.8 Å². The second-order valence-electron chi connectivity index (χ2n) is 4.30. The molecule has 0 radical (unpaired) electrons. The van der Waals surface area contributed by atoms with Crippen molar-refractivity contribution >= 4 is 35.4 Å². The van der Waals surface area contributed by atoms with Crippen LogP contribution in [0.1, 0.15) is 19.3 Å². The van der Waals surface area contributed by atoms with E-state index in [0.29, 0.717) is 4.66 Å². The Kier molecular flexibility index (Phi) is 4.16. The van der Waals surface area contributed by atoms with E-state index < -0.39 is 11.5 Å². The van der Waals surface area contributed by atoms with Crippen LogP contribution in [0.25, 0.3) is 12.2 Å². The van der Waals surface area contributed by atoms with E-state index >= 15 is 0 Å². The smallest absolute Gasteiger partial charge is 0.329 e. The summed E-state index contributed by atoms with van der Waals surface area (Å²) in [6.45, 7) is 1.47. The molecule has 0 atom stereocenters. The minimum atomic E-state index is -1.18. The third-order valence-electron chi connectivity index (χ3n) is 2.86. The van der Waals surface area contributed by atoms with Gasteiger partial charge in [-0.3, -0.25) is 9.59 Å². The van der Waals surface area contributed by atoms with Crippen LogP contribution in [0, 0.1) is 0 Å². The zero-order valence-electron chi connectivity index (χ0n) is 10.2. The first-order valence-corrected chi connectivity index (χ1v) is 6.82. The molecule has 1 aromatic rings. The molecule has 0 aliphatic carbocycles. The van der Waals surface area contributed by atoms with E-state index in [-0.39, 0.29) is 10.4 Å². The first-order chi connectivity index (χ1) is 9.06. The van der Waals surface area contributed by atoms with Crippen LogP contribution in [0.15, 0.2) is 4.79 Å². The number of nitrogens with one attached hydrogen (secondary N) is 1. The van der Waals surface area contributed by atoms with Crippen LogP contribution in [0.3, 0.4) is 0 Å². The molecule has 1 amide bonds. The Balaban J connectivity index is 2.26. The fourth-order valence-corrected chi connectivity index (χ4v) is 2.80. The van der Waals surface area contributed by atoms with Gasteiger partial charge < -0.3 is 15.0 Å². The monoisotopic (exact) mass is 282 g/mol. The number of nitrogens with zero attached hydrogens (tertiary/aromatic N) is 1. The standard InChI is InChI=1S/C12H14N2O4S/c15-10(14-4-2-1-3-5-14)7-9-13-12(18)8(19-9)6-11(16)17/h6-7H,1-5H2,(H,13,18)(H,16,17)/b8-6+,9-7+. The minimum absolute atomic E-state index is 0.0881. The quantitative estimate of drug-likeness (QED) is 0.735. The number of H-pyrrole nitrogens is 1. The lowest BCUT2D eigenvalue weighted by Gasteiger charge is -2.25. The summed E-state index contributed by atoms with van der Waals surface area (Å²) >= 11 is 0.973. The molecule has 1 fully saturated rings. The number of carboxylic acids is 1. The normalized spacial score (nSPS) is 17.8. The second kappa shape index (κ2) is 5.83. The highest BCUT2D eigenvalue weighted by Gasteiger charge is 2.14. The summed E-state index contributed by atoms with van der Waals surface area (Å²) in [4.78, 5) is 38.1. The van der Waals surface area contributed by atoms with E-state index in [2.05, 4.69) is 4.98 Å². The highest BCUT2D eigenvalue weighted by atomic mass is 32.1. The van der Waals surface area contributed by atoms with Crippen molar-refractivity contribution in [2.45, 2.75) is 19.3 Å². The number of piperidine rings is 1. The number of carboxylic acid groups (broad SMARTS) is 1. The lowest BCUT2D eigenvalue weighted by Crippen LogP contribution is -2.35. The molecule has 0 aromatic carbocycles. The summed E-state index contributed by atoms with van der Waals surface area (Å²) in [7, 11) is 0. The van der Waals surface area contributed by atoms with Crippen molar-refractivity contribution in [1.82, 2.24) is 9.88 Å². The van der Waals surface area contributed by atoms with Crippen LogP contribution in [-0.4, -0.2) is 40.0 Å². The van der Waals surface area contributed by atoms with Crippen molar-refractivity contribution in [1.29, 1.82) is 0 Å². The molecule has 7 heteroatoms. The number of rotatable bonds is 2. The maximum absolute atomic E-state index is 11.9. The van der Waals surface area contributed by atoms with Gasteiger partial charge >= 0.3 is 5.97 Å². The van der Waals surface area contributed by atoms with Gasteiger partial charge in [-0.05, 0) is 19.3 Å². The highest BCUT2D eigenvalue weighted by molar-refractivity contribution is 7.07. The number of aromatic amines is 1. The molecule has 2 N–H and O–H groups in total. The maximum Gasteiger partial charge on any atom is 0.329 e. The molecule has 1 aromatic heterocycles. The Labute approximate surface area is 112 Å². The van der Waals surface area contributed by atoms with Crippen LogP contribution >= 0.6 is 11.3 Å². The first kappa shape index (κ1) is 13.5. The van der Waals surface area contributed by atoms with Crippen LogP contribution in [-0.2, 0) is 9.59 Å². The SMILES string of the molecule is O=C(O)/C=c1/s/c(=C/C(=O)N2CCCCC2)[nH]c1=O. The molecule has 102 valence electrons. The number of carbonyl (C=O) groups is 2. The molecule has 19 heavy (non-hydrogen) atoms. The van der Waals surface area contributed by atoms with Crippen molar-refractivity contribution < 1.29 is 14.7 Å². The number of aromatic nitrogens is 1. The zero-order chi connectivity index (χ0) is 13.8. The second-order valence-corrected chi connectivity index (χ2v) is 5.38. The molecular formula is C12H14N2O4S. The Morgan fingerprint density at radius 2 is 1.89 bits per heavy atom. The zero-order valence-corrected chi connectivity index (χ0v) is 11.0. The molecule has 2 rings (SSSR count). The van der Waals surface area contributed by atoms with E-state index in [1.54, 1.807) is 4.90 Å². The average Bonchev–Trinajstić information content (AvgIpc) is 2.70. The van der Waals surface area contributed by atoms with Gasteiger partial charge in [0.15, 0.2) is 0 Å². The Bertz CT molecular complexity index is 652. The topological polar surface area (TPSA) is 90.5 Å². The van der Waals surface area contributed by atoms with Crippen LogP contribution in [0.5, 0.6) is 0 Å². The molecule has 0 saturated carbocycles. The number of carbonyl (C=O) groups excluding carboxylic acids is 1. The molecule has 0 bridgehead atoms. The van der Waals surface area contributed by atoms with Gasteiger partial charge in [0.25, 0.3) is 5.56 Å². The number of likely N-dealkylation sites (tertiary alicyclic amines) is 1. The molecule has 1 saturated heterocycles. The molecule has 1 aliphatic heterocycles. The van der Waals surface area contributed by atoms with E-state index in [1.807, 2.05) is 0 Å². The molecule has 2 heterocycles. The molecular weight excluding hydrogens is 268 g/mol. The number of hydrogen-bond acceptors (Lipinski definition) is 4. The van der Waals surface area contributed by atoms with Gasteiger partial charge in [-0.15, -0.1) is 11.3 Å². The molecule has 6 nitrogen and oxygen atoms in total. The van der Waals surface area contributed by atoms with E-state index in [1.165, 1.54) is 6.08 Å². The average molecular weight is 282 g/mol. The predicted molar refractivity (Wildman–Crippen MR) is 71.2 cm³/mol. The Morgan fingerprint density at radius 1 is 1.21 bits per heavy atom. The first-order valence-electron chi connectivity index (χ1n) is 6.00. The van der Waals surface area contributed by atoms with Gasteiger partial charge in [0.1, 0.15) is 9.20 Å². The highest BCUT2D eigenvalue weighted by Crippen LogP contribution is 2.08. The summed E-state index contributed by atoms with van der Waals surface area (Å²) in [5.74, 6) is -1.32. The van der Waals surface area contributed by atoms with E-state index in [4.69, 9.17) is 5.11 Å². The number of hydrogen-bond donors (Lipinski definition) is 2. The fourth-order valence-electron chi connectivity index (χ4n) is 1.95. The van der Waals surface area contributed by atoms with Gasteiger partial charge in [0, 0.05) is 25.2 Å². The molecule has 1 aliphatic rings. The molecule has 0 unspecified atom stereocenters. The van der Waals surface area contributed by atoms with Crippen LogP contribution in [0.2, 0.25) is 0 Å². The summed E-state index contributed by atoms with van der Waals surface area (Å²) in [5.41, 5.74) is -0.481. The van der Waals surface area contributed by atoms with Crippen molar-refractivity contribution in [2.24, 2.45) is 0 Å². The van der Waals surface area contributed by atoms with Gasteiger partial charge in [-0.2, -0.15) is 0 Å². The lowest BCUT2D eigenvalue weighted by molar-refractivity contribution is -0.129. The summed E-state index contributed by atoms with van der Waals surface area (Å²) in [6, 6.07) is 0. The van der Waals surface area contributed by atoms with Crippen molar-refractivity contribution in [3.05, 3.63) is 19.5 Å².